The van der Waals surface area contributed by atoms with Crippen LogP contribution in [0.15, 0.2) is 9.95 Å². The van der Waals surface area contributed by atoms with Crippen molar-refractivity contribution in [3.05, 3.63) is 33.0 Å². The lowest BCUT2D eigenvalue weighted by molar-refractivity contribution is 0.0988. The Morgan fingerprint density at radius 1 is 1.35 bits per heavy atom. The molecular weight excluding hydrogens is 356 g/mol. The van der Waals surface area contributed by atoms with Crippen molar-refractivity contribution in [1.82, 2.24) is 19.7 Å². The summed E-state index contributed by atoms with van der Waals surface area (Å²) in [5.41, 5.74) is 2.02. The third-order valence-corrected chi connectivity index (χ3v) is 5.23. The van der Waals surface area contributed by atoms with Gasteiger partial charge < -0.3 is 9.72 Å². The average Bonchev–Trinajstić information content (AvgIpc) is 3.07. The van der Waals surface area contributed by atoms with E-state index in [4.69, 9.17) is 4.74 Å². The number of aromatic nitrogens is 4. The molecule has 0 bridgehead atoms. The fourth-order valence-electron chi connectivity index (χ4n) is 2.90. The number of carbonyl (C=O) groups is 2. The van der Waals surface area contributed by atoms with Crippen LogP contribution in [0.4, 0.5) is 0 Å². The van der Waals surface area contributed by atoms with E-state index < -0.39 is 5.25 Å². The van der Waals surface area contributed by atoms with Gasteiger partial charge in [0.1, 0.15) is 0 Å². The van der Waals surface area contributed by atoms with Gasteiger partial charge in [0, 0.05) is 31.5 Å². The molecule has 0 unspecified atom stereocenters. The Balaban J connectivity index is 2.19. The molecule has 0 fully saturated rings. The fraction of sp³-hybridized carbons (Fsp3) is 0.529. The van der Waals surface area contributed by atoms with E-state index in [1.54, 1.807) is 27.9 Å². The maximum absolute atomic E-state index is 12.8. The van der Waals surface area contributed by atoms with E-state index in [9.17, 15) is 14.4 Å². The highest BCUT2D eigenvalue weighted by atomic mass is 32.2. The van der Waals surface area contributed by atoms with Crippen LogP contribution in [-0.4, -0.2) is 50.3 Å². The monoisotopic (exact) mass is 380 g/mol. The zero-order valence-corrected chi connectivity index (χ0v) is 16.5. The summed E-state index contributed by atoms with van der Waals surface area (Å²) in [6.45, 7) is 7.78. The van der Waals surface area contributed by atoms with E-state index in [0.29, 0.717) is 47.2 Å². The number of carbonyl (C=O) groups excluding carboxylic acids is 2. The van der Waals surface area contributed by atoms with E-state index in [2.05, 4.69) is 15.2 Å². The van der Waals surface area contributed by atoms with Crippen LogP contribution in [-0.2, 0) is 11.3 Å². The van der Waals surface area contributed by atoms with Gasteiger partial charge in [-0.05, 0) is 39.7 Å². The smallest absolute Gasteiger partial charge is 0.343 e. The fourth-order valence-corrected chi connectivity index (χ4v) is 3.84. The highest BCUT2D eigenvalue weighted by Gasteiger charge is 2.25. The minimum absolute atomic E-state index is 0.0742. The predicted octanol–water partition coefficient (Wildman–Crippen LogP) is 2.12. The number of H-pyrrole nitrogens is 2. The van der Waals surface area contributed by atoms with Crippen LogP contribution in [0.2, 0.25) is 0 Å². The van der Waals surface area contributed by atoms with Crippen molar-refractivity contribution in [2.45, 2.75) is 51.1 Å². The van der Waals surface area contributed by atoms with Crippen molar-refractivity contribution >= 4 is 23.3 Å². The maximum atomic E-state index is 12.8. The van der Waals surface area contributed by atoms with Crippen molar-refractivity contribution in [2.75, 3.05) is 13.7 Å². The molecule has 0 aliphatic carbocycles. The number of aryl methyl sites for hydroxylation is 1. The molecule has 1 atom stereocenters. The number of thioether (sulfide) groups is 1. The summed E-state index contributed by atoms with van der Waals surface area (Å²) in [6, 6.07) is 0. The SMILES string of the molecule is COCCCn1c(S[C@H](C)C(=O)c2[nH]c(C)c(C(C)=O)c2C)n[nH]c1=O. The summed E-state index contributed by atoms with van der Waals surface area (Å²) in [4.78, 5) is 39.5. The minimum atomic E-state index is -0.470. The maximum Gasteiger partial charge on any atom is 0.343 e. The molecule has 0 amide bonds. The summed E-state index contributed by atoms with van der Waals surface area (Å²) in [5.74, 6) is -0.211. The Morgan fingerprint density at radius 3 is 2.62 bits per heavy atom. The first-order valence-electron chi connectivity index (χ1n) is 8.33. The highest BCUT2D eigenvalue weighted by Crippen LogP contribution is 2.26. The third-order valence-electron chi connectivity index (χ3n) is 4.14. The van der Waals surface area contributed by atoms with Gasteiger partial charge in [-0.25, -0.2) is 9.89 Å². The molecule has 0 aromatic carbocycles. The number of ether oxygens (including phenoxy) is 1. The average molecular weight is 380 g/mol. The lowest BCUT2D eigenvalue weighted by atomic mass is 10.0. The summed E-state index contributed by atoms with van der Waals surface area (Å²) in [7, 11) is 1.60. The second kappa shape index (κ2) is 8.50. The van der Waals surface area contributed by atoms with Gasteiger partial charge in [0.25, 0.3) is 0 Å². The van der Waals surface area contributed by atoms with E-state index in [0.717, 1.165) is 0 Å². The highest BCUT2D eigenvalue weighted by molar-refractivity contribution is 8.00. The second-order valence-electron chi connectivity index (χ2n) is 6.11. The first kappa shape index (κ1) is 20.2. The van der Waals surface area contributed by atoms with Crippen molar-refractivity contribution in [1.29, 1.82) is 0 Å². The second-order valence-corrected chi connectivity index (χ2v) is 7.42. The number of Topliss-reactive ketones (excluding diaryl/α,β-unsaturated/α-hetero) is 2. The summed E-state index contributed by atoms with van der Waals surface area (Å²) in [6.07, 6.45) is 0.669. The van der Waals surface area contributed by atoms with Crippen LogP contribution in [0.1, 0.15) is 52.4 Å². The van der Waals surface area contributed by atoms with Gasteiger partial charge in [-0.1, -0.05) is 11.8 Å². The van der Waals surface area contributed by atoms with Gasteiger partial charge >= 0.3 is 5.69 Å². The molecule has 0 saturated carbocycles. The van der Waals surface area contributed by atoms with E-state index in [1.807, 2.05) is 0 Å². The molecule has 9 heteroatoms. The van der Waals surface area contributed by atoms with E-state index >= 15 is 0 Å². The molecule has 0 radical (unpaired) electrons. The number of rotatable bonds is 9. The van der Waals surface area contributed by atoms with E-state index in [1.165, 1.54) is 23.3 Å². The molecule has 2 rings (SSSR count). The number of hydrogen-bond acceptors (Lipinski definition) is 6. The first-order chi connectivity index (χ1) is 12.3. The normalized spacial score (nSPS) is 12.3. The molecule has 2 aromatic rings. The lowest BCUT2D eigenvalue weighted by Gasteiger charge is -2.10. The van der Waals surface area contributed by atoms with E-state index in [-0.39, 0.29) is 17.3 Å². The molecular formula is C17H24N4O4S. The predicted molar refractivity (Wildman–Crippen MR) is 99.3 cm³/mol. The van der Waals surface area contributed by atoms with Gasteiger partial charge in [-0.15, -0.1) is 5.10 Å². The number of aromatic amines is 2. The van der Waals surface area contributed by atoms with Crippen molar-refractivity contribution in [2.24, 2.45) is 0 Å². The molecule has 2 heterocycles. The zero-order chi connectivity index (χ0) is 19.4. The Labute approximate surface area is 155 Å². The zero-order valence-electron chi connectivity index (χ0n) is 15.6. The largest absolute Gasteiger partial charge is 0.385 e. The molecule has 142 valence electrons. The molecule has 2 aromatic heterocycles. The minimum Gasteiger partial charge on any atom is -0.385 e. The number of ketones is 2. The van der Waals surface area contributed by atoms with Crippen molar-refractivity contribution < 1.29 is 14.3 Å². The standard InChI is InChI=1S/C17H24N4O4S/c1-9-13(11(3)22)10(2)18-14(9)15(23)12(4)26-17-20-19-16(24)21(17)7-6-8-25-5/h12,18H,6-8H2,1-5H3,(H,19,24)/t12-/m1/s1. The van der Waals surface area contributed by atoms with Gasteiger partial charge in [-0.3, -0.25) is 14.2 Å². The molecule has 26 heavy (non-hydrogen) atoms. The third kappa shape index (κ3) is 4.16. The van der Waals surface area contributed by atoms with Crippen LogP contribution in [0.25, 0.3) is 0 Å². The quantitative estimate of drug-likeness (QED) is 0.392. The Hall–Kier alpha value is -2.13. The Kier molecular flexibility index (Phi) is 6.60. The van der Waals surface area contributed by atoms with Gasteiger partial charge in [0.2, 0.25) is 0 Å². The van der Waals surface area contributed by atoms with Gasteiger partial charge in [0.15, 0.2) is 16.7 Å². The van der Waals surface area contributed by atoms with Crippen LogP contribution in [0.3, 0.4) is 0 Å². The summed E-state index contributed by atoms with van der Waals surface area (Å²) < 4.78 is 6.51. The summed E-state index contributed by atoms with van der Waals surface area (Å²) in [5, 5.41) is 6.42. The van der Waals surface area contributed by atoms with Crippen molar-refractivity contribution in [3.8, 4) is 0 Å². The molecule has 0 aliphatic heterocycles. The van der Waals surface area contributed by atoms with Crippen LogP contribution >= 0.6 is 11.8 Å². The van der Waals surface area contributed by atoms with Crippen molar-refractivity contribution in [3.63, 3.8) is 0 Å². The summed E-state index contributed by atoms with van der Waals surface area (Å²) >= 11 is 1.21. The van der Waals surface area contributed by atoms with Gasteiger partial charge in [-0.2, -0.15) is 0 Å². The molecule has 0 aliphatic rings. The number of nitrogens with one attached hydrogen (secondary N) is 2. The molecule has 2 N–H and O–H groups in total. The van der Waals surface area contributed by atoms with Crippen LogP contribution < -0.4 is 5.69 Å². The van der Waals surface area contributed by atoms with Crippen LogP contribution in [0.5, 0.6) is 0 Å². The van der Waals surface area contributed by atoms with Crippen LogP contribution in [0, 0.1) is 13.8 Å². The molecule has 0 saturated heterocycles. The topological polar surface area (TPSA) is 110 Å². The first-order valence-corrected chi connectivity index (χ1v) is 9.21. The Bertz CT molecular complexity index is 865. The number of nitrogens with zero attached hydrogens (tertiary/aromatic N) is 2. The number of methoxy groups -OCH3 is 1. The van der Waals surface area contributed by atoms with Gasteiger partial charge in [0.05, 0.1) is 10.9 Å². The molecule has 8 nitrogen and oxygen atoms in total. The number of hydrogen-bond donors (Lipinski definition) is 2. The Morgan fingerprint density at radius 2 is 2.04 bits per heavy atom. The molecule has 0 spiro atoms. The lowest BCUT2D eigenvalue weighted by Crippen LogP contribution is -2.20.